The van der Waals surface area contributed by atoms with Crippen molar-refractivity contribution in [2.75, 3.05) is 25.5 Å². The summed E-state index contributed by atoms with van der Waals surface area (Å²) in [5, 5.41) is 3.43. The molecule has 2 heterocycles. The first kappa shape index (κ1) is 16.4. The minimum atomic E-state index is 0.541. The van der Waals surface area contributed by atoms with Crippen molar-refractivity contribution >= 4 is 5.82 Å². The van der Waals surface area contributed by atoms with Crippen LogP contribution in [0.2, 0.25) is 0 Å². The standard InChI is InChI=1S/C17H25N5/c1-12(2)22(5)11-10-19-16-13(3)14(4)20-17(21-16)15-8-6-7-9-18-15/h6-9,12H,10-11H2,1-5H3,(H,19,20,21). The zero-order chi connectivity index (χ0) is 16.1. The minimum Gasteiger partial charge on any atom is -0.368 e. The Kier molecular flexibility index (Phi) is 5.44. The molecule has 0 atom stereocenters. The molecule has 1 N–H and O–H groups in total. The normalized spacial score (nSPS) is 11.2. The monoisotopic (exact) mass is 299 g/mol. The van der Waals surface area contributed by atoms with Gasteiger partial charge in [-0.25, -0.2) is 9.97 Å². The Morgan fingerprint density at radius 1 is 1.18 bits per heavy atom. The van der Waals surface area contributed by atoms with Crippen molar-refractivity contribution < 1.29 is 0 Å². The van der Waals surface area contributed by atoms with Gasteiger partial charge in [0.2, 0.25) is 0 Å². The molecule has 0 unspecified atom stereocenters. The minimum absolute atomic E-state index is 0.541. The summed E-state index contributed by atoms with van der Waals surface area (Å²) in [5.74, 6) is 1.56. The first-order valence-corrected chi connectivity index (χ1v) is 7.69. The van der Waals surface area contributed by atoms with Crippen molar-refractivity contribution in [2.45, 2.75) is 33.7 Å². The molecule has 22 heavy (non-hydrogen) atoms. The van der Waals surface area contributed by atoms with E-state index in [0.29, 0.717) is 11.9 Å². The van der Waals surface area contributed by atoms with Crippen LogP contribution in [0.25, 0.3) is 11.5 Å². The van der Waals surface area contributed by atoms with Crippen LogP contribution < -0.4 is 5.32 Å². The fourth-order valence-electron chi connectivity index (χ4n) is 2.02. The molecule has 0 saturated heterocycles. The van der Waals surface area contributed by atoms with Gasteiger partial charge >= 0.3 is 0 Å². The van der Waals surface area contributed by atoms with E-state index in [2.05, 4.69) is 46.1 Å². The van der Waals surface area contributed by atoms with E-state index >= 15 is 0 Å². The van der Waals surface area contributed by atoms with Crippen molar-refractivity contribution in [1.82, 2.24) is 19.9 Å². The summed E-state index contributed by atoms with van der Waals surface area (Å²) in [5.41, 5.74) is 2.87. The lowest BCUT2D eigenvalue weighted by Crippen LogP contribution is -2.31. The molecule has 5 heteroatoms. The summed E-state index contributed by atoms with van der Waals surface area (Å²) in [4.78, 5) is 15.8. The molecule has 118 valence electrons. The van der Waals surface area contributed by atoms with Gasteiger partial charge in [0.05, 0.1) is 0 Å². The molecule has 0 spiro atoms. The summed E-state index contributed by atoms with van der Waals surface area (Å²) in [6, 6.07) is 6.32. The second kappa shape index (κ2) is 7.31. The van der Waals surface area contributed by atoms with Gasteiger partial charge in [0, 0.05) is 36.6 Å². The number of hydrogen-bond donors (Lipinski definition) is 1. The molecule has 5 nitrogen and oxygen atoms in total. The van der Waals surface area contributed by atoms with Gasteiger partial charge < -0.3 is 10.2 Å². The van der Waals surface area contributed by atoms with Crippen LogP contribution in [0.15, 0.2) is 24.4 Å². The van der Waals surface area contributed by atoms with Crippen LogP contribution in [0.1, 0.15) is 25.1 Å². The Labute approximate surface area is 132 Å². The predicted molar refractivity (Wildman–Crippen MR) is 91.0 cm³/mol. The molecule has 0 amide bonds. The molecule has 0 fully saturated rings. The van der Waals surface area contributed by atoms with E-state index in [1.54, 1.807) is 6.20 Å². The lowest BCUT2D eigenvalue weighted by molar-refractivity contribution is 0.284. The van der Waals surface area contributed by atoms with Crippen LogP contribution in [-0.2, 0) is 0 Å². The largest absolute Gasteiger partial charge is 0.368 e. The number of anilines is 1. The van der Waals surface area contributed by atoms with Gasteiger partial charge in [0.15, 0.2) is 5.82 Å². The molecule has 0 aromatic carbocycles. The summed E-state index contributed by atoms with van der Waals surface area (Å²) in [7, 11) is 2.13. The Balaban J connectivity index is 2.15. The number of pyridine rings is 1. The van der Waals surface area contributed by atoms with E-state index < -0.39 is 0 Å². The predicted octanol–water partition coefficient (Wildman–Crippen LogP) is 2.91. The smallest absolute Gasteiger partial charge is 0.180 e. The second-order valence-corrected chi connectivity index (χ2v) is 5.82. The molecule has 0 aliphatic carbocycles. The number of nitrogens with zero attached hydrogens (tertiary/aromatic N) is 4. The number of nitrogens with one attached hydrogen (secondary N) is 1. The molecular formula is C17H25N5. The molecule has 0 aliphatic rings. The molecule has 2 rings (SSSR count). The maximum absolute atomic E-state index is 4.64. The van der Waals surface area contributed by atoms with E-state index in [0.717, 1.165) is 35.9 Å². The zero-order valence-corrected chi connectivity index (χ0v) is 14.1. The summed E-state index contributed by atoms with van der Waals surface area (Å²) < 4.78 is 0. The van der Waals surface area contributed by atoms with E-state index in [-0.39, 0.29) is 0 Å². The highest BCUT2D eigenvalue weighted by atomic mass is 15.1. The van der Waals surface area contributed by atoms with Crippen LogP contribution in [0, 0.1) is 13.8 Å². The summed E-state index contributed by atoms with van der Waals surface area (Å²) in [6.45, 7) is 10.3. The van der Waals surface area contributed by atoms with Gasteiger partial charge in [-0.2, -0.15) is 0 Å². The van der Waals surface area contributed by atoms with E-state index in [4.69, 9.17) is 0 Å². The number of hydrogen-bond acceptors (Lipinski definition) is 5. The fraction of sp³-hybridized carbons (Fsp3) is 0.471. The topological polar surface area (TPSA) is 53.9 Å². The number of aromatic nitrogens is 3. The molecule has 0 radical (unpaired) electrons. The first-order valence-electron chi connectivity index (χ1n) is 7.69. The van der Waals surface area contributed by atoms with Crippen molar-refractivity contribution in [3.63, 3.8) is 0 Å². The van der Waals surface area contributed by atoms with Crippen LogP contribution in [-0.4, -0.2) is 46.0 Å². The molecule has 0 aliphatic heterocycles. The average molecular weight is 299 g/mol. The van der Waals surface area contributed by atoms with Gasteiger partial charge in [-0.1, -0.05) is 6.07 Å². The average Bonchev–Trinajstić information content (AvgIpc) is 2.51. The number of likely N-dealkylation sites (N-methyl/N-ethyl adjacent to an activating group) is 1. The van der Waals surface area contributed by atoms with Gasteiger partial charge in [-0.05, 0) is 46.9 Å². The van der Waals surface area contributed by atoms with E-state index in [1.165, 1.54) is 0 Å². The van der Waals surface area contributed by atoms with Crippen LogP contribution in [0.5, 0.6) is 0 Å². The highest BCUT2D eigenvalue weighted by Gasteiger charge is 2.10. The lowest BCUT2D eigenvalue weighted by atomic mass is 10.2. The third-order valence-electron chi connectivity index (χ3n) is 3.92. The maximum atomic E-state index is 4.64. The number of rotatable bonds is 6. The molecule has 2 aromatic rings. The molecular weight excluding hydrogens is 274 g/mol. The van der Waals surface area contributed by atoms with Gasteiger partial charge in [0.1, 0.15) is 11.5 Å². The second-order valence-electron chi connectivity index (χ2n) is 5.82. The zero-order valence-electron chi connectivity index (χ0n) is 14.1. The lowest BCUT2D eigenvalue weighted by Gasteiger charge is -2.21. The van der Waals surface area contributed by atoms with Gasteiger partial charge in [-0.3, -0.25) is 4.98 Å². The maximum Gasteiger partial charge on any atom is 0.180 e. The summed E-state index contributed by atoms with van der Waals surface area (Å²) in [6.07, 6.45) is 1.76. The van der Waals surface area contributed by atoms with Crippen molar-refractivity contribution in [1.29, 1.82) is 0 Å². The highest BCUT2D eigenvalue weighted by Crippen LogP contribution is 2.19. The molecule has 2 aromatic heterocycles. The first-order chi connectivity index (χ1) is 10.5. The fourth-order valence-corrected chi connectivity index (χ4v) is 2.02. The van der Waals surface area contributed by atoms with Crippen LogP contribution in [0.4, 0.5) is 5.82 Å². The van der Waals surface area contributed by atoms with Crippen molar-refractivity contribution in [3.05, 3.63) is 35.7 Å². The Bertz CT molecular complexity index is 610. The Hall–Kier alpha value is -2.01. The van der Waals surface area contributed by atoms with Crippen LogP contribution >= 0.6 is 0 Å². The van der Waals surface area contributed by atoms with E-state index in [1.807, 2.05) is 32.0 Å². The summed E-state index contributed by atoms with van der Waals surface area (Å²) >= 11 is 0. The Morgan fingerprint density at radius 2 is 1.95 bits per heavy atom. The third kappa shape index (κ3) is 4.01. The van der Waals surface area contributed by atoms with Gasteiger partial charge in [0.25, 0.3) is 0 Å². The quantitative estimate of drug-likeness (QED) is 0.889. The van der Waals surface area contributed by atoms with Crippen molar-refractivity contribution in [2.24, 2.45) is 0 Å². The highest BCUT2D eigenvalue weighted by molar-refractivity contribution is 5.56. The number of aryl methyl sites for hydroxylation is 1. The van der Waals surface area contributed by atoms with Crippen LogP contribution in [0.3, 0.4) is 0 Å². The van der Waals surface area contributed by atoms with Crippen molar-refractivity contribution in [3.8, 4) is 11.5 Å². The third-order valence-corrected chi connectivity index (χ3v) is 3.92. The molecule has 0 saturated carbocycles. The Morgan fingerprint density at radius 3 is 2.59 bits per heavy atom. The van der Waals surface area contributed by atoms with E-state index in [9.17, 15) is 0 Å². The van der Waals surface area contributed by atoms with Gasteiger partial charge in [-0.15, -0.1) is 0 Å². The SMILES string of the molecule is Cc1nc(-c2ccccn2)nc(NCCN(C)C(C)C)c1C. The molecule has 0 bridgehead atoms.